The van der Waals surface area contributed by atoms with E-state index >= 15 is 0 Å². The zero-order chi connectivity index (χ0) is 22.5. The van der Waals surface area contributed by atoms with Crippen LogP contribution in [0.2, 0.25) is 0 Å². The lowest BCUT2D eigenvalue weighted by molar-refractivity contribution is 0.0947. The lowest BCUT2D eigenvalue weighted by Gasteiger charge is -2.11. The van der Waals surface area contributed by atoms with Crippen LogP contribution in [0.4, 0.5) is 0 Å². The molecule has 0 atom stereocenters. The van der Waals surface area contributed by atoms with Gasteiger partial charge in [-0.25, -0.2) is 0 Å². The van der Waals surface area contributed by atoms with Crippen LogP contribution in [0.1, 0.15) is 16.9 Å². The average molecular weight is 435 g/mol. The number of methoxy groups -OCH3 is 3. The molecule has 4 aromatic rings. The third-order valence-electron chi connectivity index (χ3n) is 5.14. The fourth-order valence-electron chi connectivity index (χ4n) is 3.60. The van der Waals surface area contributed by atoms with Crippen molar-refractivity contribution >= 4 is 27.7 Å². The predicted molar refractivity (Wildman–Crippen MR) is 122 cm³/mol. The number of nitrogens with zero attached hydrogens (tertiary/aromatic N) is 1. The van der Waals surface area contributed by atoms with Crippen molar-refractivity contribution < 1.29 is 23.7 Å². The summed E-state index contributed by atoms with van der Waals surface area (Å²) in [4.78, 5) is 20.2. The van der Waals surface area contributed by atoms with Crippen molar-refractivity contribution in [2.75, 3.05) is 34.5 Å². The van der Waals surface area contributed by atoms with E-state index in [2.05, 4.69) is 15.3 Å². The molecular formula is C24H25N3O5. The lowest BCUT2D eigenvalue weighted by Crippen LogP contribution is -2.25. The van der Waals surface area contributed by atoms with Gasteiger partial charge in [0.25, 0.3) is 5.91 Å². The molecule has 2 N–H and O–H groups in total. The molecular weight excluding hydrogens is 410 g/mol. The number of amides is 1. The first-order valence-corrected chi connectivity index (χ1v) is 10.2. The summed E-state index contributed by atoms with van der Waals surface area (Å²) < 4.78 is 22.1. The molecule has 2 aromatic carbocycles. The summed E-state index contributed by atoms with van der Waals surface area (Å²) in [6.07, 6.45) is 2.39. The molecule has 0 aliphatic rings. The standard InChI is InChI=1S/C24H25N3O5/c1-29-19-14-20(30-2)23(31-3)22-16(19)13-17(27-22)24(28)26-11-6-12-32-18-9-4-7-15-8-5-10-25-21(15)18/h4-5,7-10,13-14,27H,6,11-12H2,1-3H3,(H,26,28). The van der Waals surface area contributed by atoms with E-state index in [1.807, 2.05) is 30.3 Å². The van der Waals surface area contributed by atoms with Gasteiger partial charge in [0.05, 0.1) is 33.5 Å². The number of benzene rings is 2. The van der Waals surface area contributed by atoms with Gasteiger partial charge in [-0.3, -0.25) is 9.78 Å². The summed E-state index contributed by atoms with van der Waals surface area (Å²) in [6, 6.07) is 13.2. The summed E-state index contributed by atoms with van der Waals surface area (Å²) in [5.41, 5.74) is 1.88. The Kier molecular flexibility index (Phi) is 6.30. The number of H-pyrrole nitrogens is 1. The van der Waals surface area contributed by atoms with Crippen LogP contribution in [0.15, 0.2) is 48.7 Å². The number of para-hydroxylation sites is 1. The molecule has 0 aliphatic heterocycles. The molecule has 0 saturated carbocycles. The fourth-order valence-corrected chi connectivity index (χ4v) is 3.60. The van der Waals surface area contributed by atoms with E-state index in [1.165, 1.54) is 0 Å². The minimum atomic E-state index is -0.226. The van der Waals surface area contributed by atoms with Gasteiger partial charge < -0.3 is 29.2 Å². The molecule has 2 aromatic heterocycles. The SMILES string of the molecule is COc1cc(OC)c2cc(C(=O)NCCCOc3cccc4cccnc34)[nH]c2c1OC. The Morgan fingerprint density at radius 2 is 1.81 bits per heavy atom. The highest BCUT2D eigenvalue weighted by Gasteiger charge is 2.19. The normalized spacial score (nSPS) is 10.8. The summed E-state index contributed by atoms with van der Waals surface area (Å²) in [5.74, 6) is 2.13. The Morgan fingerprint density at radius 1 is 1.00 bits per heavy atom. The molecule has 166 valence electrons. The fraction of sp³-hybridized carbons (Fsp3) is 0.250. The number of ether oxygens (including phenoxy) is 4. The maximum Gasteiger partial charge on any atom is 0.267 e. The highest BCUT2D eigenvalue weighted by atomic mass is 16.5. The summed E-state index contributed by atoms with van der Waals surface area (Å²) in [7, 11) is 4.67. The molecule has 2 heterocycles. The minimum Gasteiger partial charge on any atom is -0.496 e. The van der Waals surface area contributed by atoms with Gasteiger partial charge in [-0.05, 0) is 24.6 Å². The van der Waals surface area contributed by atoms with Gasteiger partial charge in [-0.15, -0.1) is 0 Å². The van der Waals surface area contributed by atoms with Crippen molar-refractivity contribution in [2.45, 2.75) is 6.42 Å². The maximum atomic E-state index is 12.7. The van der Waals surface area contributed by atoms with E-state index in [9.17, 15) is 4.79 Å². The van der Waals surface area contributed by atoms with Gasteiger partial charge in [-0.1, -0.05) is 18.2 Å². The van der Waals surface area contributed by atoms with Crippen LogP contribution in [-0.4, -0.2) is 50.4 Å². The number of carbonyl (C=O) groups is 1. The van der Waals surface area contributed by atoms with E-state index in [-0.39, 0.29) is 5.91 Å². The third-order valence-corrected chi connectivity index (χ3v) is 5.14. The van der Waals surface area contributed by atoms with Crippen molar-refractivity contribution in [3.63, 3.8) is 0 Å². The number of aromatic nitrogens is 2. The average Bonchev–Trinajstić information content (AvgIpc) is 3.28. The van der Waals surface area contributed by atoms with Crippen LogP contribution in [0, 0.1) is 0 Å². The maximum absolute atomic E-state index is 12.7. The van der Waals surface area contributed by atoms with Gasteiger partial charge >= 0.3 is 0 Å². The van der Waals surface area contributed by atoms with Crippen molar-refractivity contribution in [2.24, 2.45) is 0 Å². The van der Waals surface area contributed by atoms with E-state index in [4.69, 9.17) is 18.9 Å². The zero-order valence-corrected chi connectivity index (χ0v) is 18.2. The van der Waals surface area contributed by atoms with Crippen molar-refractivity contribution in [3.05, 3.63) is 54.4 Å². The summed E-state index contributed by atoms with van der Waals surface area (Å²) >= 11 is 0. The first-order valence-electron chi connectivity index (χ1n) is 10.2. The molecule has 8 heteroatoms. The molecule has 0 radical (unpaired) electrons. The Morgan fingerprint density at radius 3 is 2.59 bits per heavy atom. The molecule has 4 rings (SSSR count). The van der Waals surface area contributed by atoms with Gasteiger partial charge in [0.15, 0.2) is 11.5 Å². The second-order valence-electron chi connectivity index (χ2n) is 7.08. The number of hydrogen-bond acceptors (Lipinski definition) is 6. The van der Waals surface area contributed by atoms with Crippen molar-refractivity contribution in [3.8, 4) is 23.0 Å². The molecule has 0 bridgehead atoms. The molecule has 32 heavy (non-hydrogen) atoms. The number of aromatic amines is 1. The lowest BCUT2D eigenvalue weighted by atomic mass is 10.2. The monoisotopic (exact) mass is 435 g/mol. The van der Waals surface area contributed by atoms with E-state index in [0.717, 1.165) is 22.0 Å². The molecule has 0 spiro atoms. The second kappa shape index (κ2) is 9.47. The highest BCUT2D eigenvalue weighted by Crippen LogP contribution is 2.41. The minimum absolute atomic E-state index is 0.226. The Hall–Kier alpha value is -3.94. The van der Waals surface area contributed by atoms with E-state index in [1.54, 1.807) is 39.7 Å². The highest BCUT2D eigenvalue weighted by molar-refractivity contribution is 6.02. The van der Waals surface area contributed by atoms with Crippen LogP contribution in [-0.2, 0) is 0 Å². The number of pyridine rings is 1. The number of hydrogen-bond donors (Lipinski definition) is 2. The number of fused-ring (bicyclic) bond motifs is 2. The van der Waals surface area contributed by atoms with Crippen LogP contribution in [0.5, 0.6) is 23.0 Å². The topological polar surface area (TPSA) is 94.7 Å². The molecule has 0 fully saturated rings. The Labute approximate surface area is 185 Å². The quantitative estimate of drug-likeness (QED) is 0.387. The zero-order valence-electron chi connectivity index (χ0n) is 18.2. The largest absolute Gasteiger partial charge is 0.496 e. The molecule has 0 aliphatic carbocycles. The first kappa shape index (κ1) is 21.3. The number of nitrogens with one attached hydrogen (secondary N) is 2. The molecule has 0 saturated heterocycles. The Balaban J connectivity index is 1.39. The molecule has 0 unspecified atom stereocenters. The van der Waals surface area contributed by atoms with Crippen LogP contribution in [0.3, 0.4) is 0 Å². The van der Waals surface area contributed by atoms with E-state index < -0.39 is 0 Å². The summed E-state index contributed by atoms with van der Waals surface area (Å²) in [6.45, 7) is 0.922. The van der Waals surface area contributed by atoms with Gasteiger partial charge in [0, 0.05) is 29.6 Å². The van der Waals surface area contributed by atoms with Gasteiger partial charge in [0.1, 0.15) is 22.7 Å². The van der Waals surface area contributed by atoms with Crippen molar-refractivity contribution in [1.29, 1.82) is 0 Å². The smallest absolute Gasteiger partial charge is 0.267 e. The summed E-state index contributed by atoms with van der Waals surface area (Å²) in [5, 5.41) is 4.67. The predicted octanol–water partition coefficient (Wildman–Crippen LogP) is 3.94. The van der Waals surface area contributed by atoms with Gasteiger partial charge in [0.2, 0.25) is 0 Å². The van der Waals surface area contributed by atoms with Crippen LogP contribution in [0.25, 0.3) is 21.8 Å². The number of rotatable bonds is 9. The van der Waals surface area contributed by atoms with Crippen LogP contribution >= 0.6 is 0 Å². The Bertz CT molecular complexity index is 1250. The van der Waals surface area contributed by atoms with Crippen LogP contribution < -0.4 is 24.3 Å². The van der Waals surface area contributed by atoms with Crippen molar-refractivity contribution in [1.82, 2.24) is 15.3 Å². The first-order chi connectivity index (χ1) is 15.7. The number of carbonyl (C=O) groups excluding carboxylic acids is 1. The second-order valence-corrected chi connectivity index (χ2v) is 7.08. The molecule has 1 amide bonds. The molecule has 8 nitrogen and oxygen atoms in total. The third kappa shape index (κ3) is 4.12. The van der Waals surface area contributed by atoms with E-state index in [0.29, 0.717) is 48.0 Å². The van der Waals surface area contributed by atoms with Gasteiger partial charge in [-0.2, -0.15) is 0 Å².